The Bertz CT molecular complexity index is 645. The minimum Gasteiger partial charge on any atom is -0.342 e. The third kappa shape index (κ3) is 4.07. The number of hydrogen-bond donors (Lipinski definition) is 0. The fraction of sp³-hybridized carbons (Fsp3) is 0.375. The van der Waals surface area contributed by atoms with Crippen LogP contribution >= 0.6 is 0 Å². The van der Waals surface area contributed by atoms with E-state index in [1.807, 2.05) is 6.07 Å². The maximum absolute atomic E-state index is 12.4. The molecule has 1 aromatic carbocycles. The van der Waals surface area contributed by atoms with Gasteiger partial charge in [-0.25, -0.2) is 0 Å². The SMILES string of the molecule is CC(=O)N(CC(=O)N1CCN(C=O)CC1)c1cccc(C#N)c1. The average molecular weight is 314 g/mol. The molecule has 1 aliphatic heterocycles. The van der Waals surface area contributed by atoms with E-state index in [1.165, 1.54) is 11.8 Å². The van der Waals surface area contributed by atoms with Gasteiger partial charge in [-0.3, -0.25) is 14.4 Å². The lowest BCUT2D eigenvalue weighted by Crippen LogP contribution is -2.51. The first-order valence-corrected chi connectivity index (χ1v) is 7.30. The van der Waals surface area contributed by atoms with Crippen LogP contribution in [0, 0.1) is 11.3 Å². The van der Waals surface area contributed by atoms with Crippen molar-refractivity contribution in [1.29, 1.82) is 5.26 Å². The van der Waals surface area contributed by atoms with Crippen molar-refractivity contribution in [3.05, 3.63) is 29.8 Å². The lowest BCUT2D eigenvalue weighted by Gasteiger charge is -2.34. The van der Waals surface area contributed by atoms with E-state index in [0.29, 0.717) is 37.4 Å². The minimum absolute atomic E-state index is 0.0781. The average Bonchev–Trinajstić information content (AvgIpc) is 2.59. The van der Waals surface area contributed by atoms with E-state index in [-0.39, 0.29) is 18.4 Å². The van der Waals surface area contributed by atoms with Crippen LogP contribution < -0.4 is 4.90 Å². The minimum atomic E-state index is -0.264. The van der Waals surface area contributed by atoms with Crippen LogP contribution in [0.1, 0.15) is 12.5 Å². The molecule has 0 atom stereocenters. The molecule has 1 fully saturated rings. The molecule has 23 heavy (non-hydrogen) atoms. The fourth-order valence-electron chi connectivity index (χ4n) is 2.44. The van der Waals surface area contributed by atoms with Crippen molar-refractivity contribution in [1.82, 2.24) is 9.80 Å². The quantitative estimate of drug-likeness (QED) is 0.744. The molecule has 1 aliphatic rings. The molecule has 7 nitrogen and oxygen atoms in total. The smallest absolute Gasteiger partial charge is 0.242 e. The Hall–Kier alpha value is -2.88. The Morgan fingerprint density at radius 1 is 1.30 bits per heavy atom. The summed E-state index contributed by atoms with van der Waals surface area (Å²) in [6.07, 6.45) is 0.775. The van der Waals surface area contributed by atoms with Gasteiger partial charge in [0.2, 0.25) is 18.2 Å². The molecular weight excluding hydrogens is 296 g/mol. The Labute approximate surface area is 134 Å². The highest BCUT2D eigenvalue weighted by molar-refractivity contribution is 5.97. The summed E-state index contributed by atoms with van der Waals surface area (Å²) in [5.41, 5.74) is 0.956. The summed E-state index contributed by atoms with van der Waals surface area (Å²) in [7, 11) is 0. The molecule has 3 amide bonds. The third-order valence-corrected chi connectivity index (χ3v) is 3.78. The van der Waals surface area contributed by atoms with Crippen molar-refractivity contribution >= 4 is 23.9 Å². The van der Waals surface area contributed by atoms with E-state index >= 15 is 0 Å². The second-order valence-electron chi connectivity index (χ2n) is 5.29. The molecule has 0 radical (unpaired) electrons. The molecule has 0 aliphatic carbocycles. The van der Waals surface area contributed by atoms with Gasteiger partial charge in [0.05, 0.1) is 11.6 Å². The number of nitriles is 1. The molecule has 0 bridgehead atoms. The first kappa shape index (κ1) is 16.5. The van der Waals surface area contributed by atoms with Gasteiger partial charge in [-0.15, -0.1) is 0 Å². The van der Waals surface area contributed by atoms with Crippen molar-refractivity contribution in [3.8, 4) is 6.07 Å². The Morgan fingerprint density at radius 3 is 2.57 bits per heavy atom. The summed E-state index contributed by atoms with van der Waals surface area (Å²) in [6, 6.07) is 8.61. The Kier molecular flexibility index (Phi) is 5.31. The van der Waals surface area contributed by atoms with Crippen LogP contribution in [0.3, 0.4) is 0 Å². The van der Waals surface area contributed by atoms with Crippen LogP contribution in [-0.4, -0.2) is 60.7 Å². The zero-order valence-electron chi connectivity index (χ0n) is 12.9. The van der Waals surface area contributed by atoms with Gasteiger partial charge in [-0.2, -0.15) is 5.26 Å². The highest BCUT2D eigenvalue weighted by atomic mass is 16.2. The van der Waals surface area contributed by atoms with Gasteiger partial charge in [0.25, 0.3) is 0 Å². The van der Waals surface area contributed by atoms with Gasteiger partial charge in [0.15, 0.2) is 0 Å². The second kappa shape index (κ2) is 7.40. The van der Waals surface area contributed by atoms with Gasteiger partial charge >= 0.3 is 0 Å². The van der Waals surface area contributed by atoms with Crippen LogP contribution in [-0.2, 0) is 14.4 Å². The zero-order valence-corrected chi connectivity index (χ0v) is 12.9. The number of carbonyl (C=O) groups is 3. The number of piperazine rings is 1. The maximum Gasteiger partial charge on any atom is 0.242 e. The van der Waals surface area contributed by atoms with Crippen molar-refractivity contribution < 1.29 is 14.4 Å². The number of anilines is 1. The third-order valence-electron chi connectivity index (χ3n) is 3.78. The largest absolute Gasteiger partial charge is 0.342 e. The van der Waals surface area contributed by atoms with Gasteiger partial charge in [0, 0.05) is 38.8 Å². The number of nitrogens with zero attached hydrogens (tertiary/aromatic N) is 4. The molecule has 0 unspecified atom stereocenters. The number of benzene rings is 1. The highest BCUT2D eigenvalue weighted by Crippen LogP contribution is 2.16. The summed E-state index contributed by atoms with van der Waals surface area (Å²) in [5.74, 6) is -0.437. The lowest BCUT2D eigenvalue weighted by molar-refractivity contribution is -0.134. The monoisotopic (exact) mass is 314 g/mol. The molecule has 0 saturated carbocycles. The highest BCUT2D eigenvalue weighted by Gasteiger charge is 2.23. The topological polar surface area (TPSA) is 84.7 Å². The van der Waals surface area contributed by atoms with Crippen LogP contribution in [0.4, 0.5) is 5.69 Å². The summed E-state index contributed by atoms with van der Waals surface area (Å²) in [5, 5.41) is 8.95. The summed E-state index contributed by atoms with van der Waals surface area (Å²) >= 11 is 0. The summed E-state index contributed by atoms with van der Waals surface area (Å²) in [4.78, 5) is 39.6. The molecule has 1 heterocycles. The fourth-order valence-corrected chi connectivity index (χ4v) is 2.44. The molecule has 1 saturated heterocycles. The van der Waals surface area contributed by atoms with Crippen molar-refractivity contribution in [2.75, 3.05) is 37.6 Å². The molecule has 0 spiro atoms. The summed E-state index contributed by atoms with van der Waals surface area (Å²) < 4.78 is 0. The molecule has 0 N–H and O–H groups in total. The standard InChI is InChI=1S/C16H18N4O3/c1-13(22)20(15-4-2-3-14(9-15)10-17)11-16(23)19-7-5-18(12-21)6-8-19/h2-4,9,12H,5-8,11H2,1H3. The molecule has 120 valence electrons. The van der Waals surface area contributed by atoms with Gasteiger partial charge in [0.1, 0.15) is 6.54 Å². The number of carbonyl (C=O) groups excluding carboxylic acids is 3. The van der Waals surface area contributed by atoms with Gasteiger partial charge in [-0.1, -0.05) is 6.07 Å². The van der Waals surface area contributed by atoms with Gasteiger partial charge in [-0.05, 0) is 18.2 Å². The normalized spacial score (nSPS) is 14.1. The van der Waals surface area contributed by atoms with Crippen molar-refractivity contribution in [2.45, 2.75) is 6.92 Å². The van der Waals surface area contributed by atoms with Crippen LogP contribution in [0.25, 0.3) is 0 Å². The molecular formula is C16H18N4O3. The van der Waals surface area contributed by atoms with Crippen molar-refractivity contribution in [3.63, 3.8) is 0 Å². The van der Waals surface area contributed by atoms with Crippen LogP contribution in [0.5, 0.6) is 0 Å². The van der Waals surface area contributed by atoms with E-state index in [4.69, 9.17) is 5.26 Å². The Morgan fingerprint density at radius 2 is 2.00 bits per heavy atom. The molecule has 2 rings (SSSR count). The van der Waals surface area contributed by atoms with E-state index in [9.17, 15) is 14.4 Å². The van der Waals surface area contributed by atoms with Crippen molar-refractivity contribution in [2.24, 2.45) is 0 Å². The second-order valence-corrected chi connectivity index (χ2v) is 5.29. The van der Waals surface area contributed by atoms with Crippen LogP contribution in [0.2, 0.25) is 0 Å². The van der Waals surface area contributed by atoms with E-state index < -0.39 is 0 Å². The zero-order chi connectivity index (χ0) is 16.8. The van der Waals surface area contributed by atoms with E-state index in [2.05, 4.69) is 0 Å². The van der Waals surface area contributed by atoms with Crippen LogP contribution in [0.15, 0.2) is 24.3 Å². The number of rotatable bonds is 4. The maximum atomic E-state index is 12.4. The first-order chi connectivity index (χ1) is 11.0. The predicted molar refractivity (Wildman–Crippen MR) is 83.4 cm³/mol. The first-order valence-electron chi connectivity index (χ1n) is 7.30. The number of amides is 3. The summed E-state index contributed by atoms with van der Waals surface area (Å²) in [6.45, 7) is 3.23. The molecule has 7 heteroatoms. The van der Waals surface area contributed by atoms with Gasteiger partial charge < -0.3 is 14.7 Å². The Balaban J connectivity index is 2.08. The number of hydrogen-bond acceptors (Lipinski definition) is 4. The van der Waals surface area contributed by atoms with E-state index in [1.54, 1.807) is 34.1 Å². The lowest BCUT2D eigenvalue weighted by atomic mass is 10.2. The molecule has 1 aromatic rings. The van der Waals surface area contributed by atoms with E-state index in [0.717, 1.165) is 6.41 Å². The molecule has 0 aromatic heterocycles. The predicted octanol–water partition coefficient (Wildman–Crippen LogP) is 0.212.